The predicted octanol–water partition coefficient (Wildman–Crippen LogP) is 1.78. The number of amides is 1. The van der Waals surface area contributed by atoms with Crippen molar-refractivity contribution in [1.82, 2.24) is 4.90 Å². The molecule has 1 aliphatic rings. The summed E-state index contributed by atoms with van der Waals surface area (Å²) in [7, 11) is 1.71. The van der Waals surface area contributed by atoms with Gasteiger partial charge in [-0.05, 0) is 47.5 Å². The van der Waals surface area contributed by atoms with Crippen LogP contribution in [0.15, 0.2) is 0 Å². The maximum absolute atomic E-state index is 12.7. The zero-order valence-electron chi connectivity index (χ0n) is 12.7. The molecule has 0 radical (unpaired) electrons. The summed E-state index contributed by atoms with van der Waals surface area (Å²) in [6.45, 7) is 11.2. The fraction of sp³-hybridized carbons (Fsp3) is 0.929. The molecule has 106 valence electrons. The number of ether oxygens (including phenoxy) is 1. The summed E-state index contributed by atoms with van der Waals surface area (Å²) in [5.41, 5.74) is 4.82. The Balaban J connectivity index is 2.85. The standard InChI is InChI=1S/C14H28N2O2/c1-12(2,13(3,4)15)11(17)16-9-7-8-14(5,10-16)18-6/h7-10,15H2,1-6H3. The number of nitrogens with zero attached hydrogens (tertiary/aromatic N) is 1. The van der Waals surface area contributed by atoms with Gasteiger partial charge < -0.3 is 15.4 Å². The highest BCUT2D eigenvalue weighted by atomic mass is 16.5. The molecule has 0 aromatic heterocycles. The largest absolute Gasteiger partial charge is 0.377 e. The van der Waals surface area contributed by atoms with Crippen LogP contribution in [0.5, 0.6) is 0 Å². The molecule has 4 heteroatoms. The first kappa shape index (κ1) is 15.4. The van der Waals surface area contributed by atoms with E-state index in [4.69, 9.17) is 10.5 Å². The van der Waals surface area contributed by atoms with Crippen molar-refractivity contribution in [2.45, 2.75) is 58.6 Å². The Morgan fingerprint density at radius 2 is 1.89 bits per heavy atom. The summed E-state index contributed by atoms with van der Waals surface area (Å²) in [6, 6.07) is 0. The third kappa shape index (κ3) is 2.86. The van der Waals surface area contributed by atoms with Crippen molar-refractivity contribution >= 4 is 5.91 Å². The van der Waals surface area contributed by atoms with E-state index in [9.17, 15) is 4.79 Å². The maximum atomic E-state index is 12.7. The van der Waals surface area contributed by atoms with Crippen LogP contribution in [0.2, 0.25) is 0 Å². The molecule has 0 spiro atoms. The van der Waals surface area contributed by atoms with E-state index in [1.54, 1.807) is 7.11 Å². The SMILES string of the molecule is COC1(C)CCCN(C(=O)C(C)(C)C(C)(C)N)C1. The molecule has 1 amide bonds. The lowest BCUT2D eigenvalue weighted by Crippen LogP contribution is -2.60. The van der Waals surface area contributed by atoms with Gasteiger partial charge in [-0.15, -0.1) is 0 Å². The van der Waals surface area contributed by atoms with Crippen molar-refractivity contribution in [3.8, 4) is 0 Å². The lowest BCUT2D eigenvalue weighted by atomic mass is 9.73. The van der Waals surface area contributed by atoms with E-state index in [1.807, 2.05) is 32.6 Å². The highest BCUT2D eigenvalue weighted by molar-refractivity contribution is 5.83. The summed E-state index contributed by atoms with van der Waals surface area (Å²) in [4.78, 5) is 14.6. The van der Waals surface area contributed by atoms with Gasteiger partial charge in [-0.2, -0.15) is 0 Å². The molecule has 18 heavy (non-hydrogen) atoms. The molecular formula is C14H28N2O2. The summed E-state index contributed by atoms with van der Waals surface area (Å²) in [6.07, 6.45) is 1.98. The first-order valence-corrected chi connectivity index (χ1v) is 6.67. The van der Waals surface area contributed by atoms with Crippen LogP contribution in [-0.2, 0) is 9.53 Å². The second kappa shape index (κ2) is 4.82. The summed E-state index contributed by atoms with van der Waals surface area (Å²) < 4.78 is 5.53. The topological polar surface area (TPSA) is 55.6 Å². The zero-order valence-corrected chi connectivity index (χ0v) is 12.7. The van der Waals surface area contributed by atoms with E-state index < -0.39 is 11.0 Å². The van der Waals surface area contributed by atoms with Crippen LogP contribution >= 0.6 is 0 Å². The van der Waals surface area contributed by atoms with E-state index in [1.165, 1.54) is 0 Å². The highest BCUT2D eigenvalue weighted by Gasteiger charge is 2.45. The molecule has 0 aliphatic carbocycles. The third-order valence-electron chi connectivity index (χ3n) is 4.58. The first-order valence-electron chi connectivity index (χ1n) is 6.67. The molecular weight excluding hydrogens is 228 g/mol. The number of hydrogen-bond acceptors (Lipinski definition) is 3. The number of piperidine rings is 1. The molecule has 1 unspecified atom stereocenters. The van der Waals surface area contributed by atoms with Crippen molar-refractivity contribution < 1.29 is 9.53 Å². The fourth-order valence-corrected chi connectivity index (χ4v) is 2.22. The molecule has 2 N–H and O–H groups in total. The lowest BCUT2D eigenvalue weighted by Gasteiger charge is -2.45. The molecule has 1 aliphatic heterocycles. The number of nitrogens with two attached hydrogens (primary N) is 1. The molecule has 1 heterocycles. The number of carbonyl (C=O) groups is 1. The number of carbonyl (C=O) groups excluding carboxylic acids is 1. The molecule has 1 saturated heterocycles. The van der Waals surface area contributed by atoms with E-state index in [0.29, 0.717) is 6.54 Å². The van der Waals surface area contributed by atoms with E-state index in [0.717, 1.165) is 19.4 Å². The van der Waals surface area contributed by atoms with Gasteiger partial charge in [-0.3, -0.25) is 4.79 Å². The smallest absolute Gasteiger partial charge is 0.230 e. The number of likely N-dealkylation sites (tertiary alicyclic amines) is 1. The minimum absolute atomic E-state index is 0.123. The zero-order chi connectivity index (χ0) is 14.2. The predicted molar refractivity (Wildman–Crippen MR) is 73.3 cm³/mol. The maximum Gasteiger partial charge on any atom is 0.230 e. The number of hydrogen-bond donors (Lipinski definition) is 1. The number of methoxy groups -OCH3 is 1. The van der Waals surface area contributed by atoms with Crippen LogP contribution in [0, 0.1) is 5.41 Å². The summed E-state index contributed by atoms with van der Waals surface area (Å²) in [5, 5.41) is 0. The Morgan fingerprint density at radius 3 is 2.33 bits per heavy atom. The Labute approximate surface area is 111 Å². The van der Waals surface area contributed by atoms with Gasteiger partial charge in [0.25, 0.3) is 0 Å². The first-order chi connectivity index (χ1) is 8.03. The van der Waals surface area contributed by atoms with Crippen LogP contribution < -0.4 is 5.73 Å². The van der Waals surface area contributed by atoms with Gasteiger partial charge in [-0.1, -0.05) is 0 Å². The molecule has 0 aromatic rings. The normalized spacial score (nSPS) is 26.3. The second-order valence-corrected chi connectivity index (χ2v) is 6.83. The van der Waals surface area contributed by atoms with Crippen LogP contribution in [-0.4, -0.2) is 42.1 Å². The van der Waals surface area contributed by atoms with Gasteiger partial charge in [-0.25, -0.2) is 0 Å². The Hall–Kier alpha value is -0.610. The van der Waals surface area contributed by atoms with E-state index in [-0.39, 0.29) is 11.5 Å². The van der Waals surface area contributed by atoms with Gasteiger partial charge in [0.1, 0.15) is 0 Å². The summed E-state index contributed by atoms with van der Waals surface area (Å²) in [5.74, 6) is 0.123. The van der Waals surface area contributed by atoms with Gasteiger partial charge in [0.2, 0.25) is 5.91 Å². The van der Waals surface area contributed by atoms with Crippen molar-refractivity contribution in [2.75, 3.05) is 20.2 Å². The molecule has 4 nitrogen and oxygen atoms in total. The average molecular weight is 256 g/mol. The Bertz CT molecular complexity index is 320. The van der Waals surface area contributed by atoms with E-state index in [2.05, 4.69) is 6.92 Å². The minimum Gasteiger partial charge on any atom is -0.377 e. The van der Waals surface area contributed by atoms with Crippen LogP contribution in [0.25, 0.3) is 0 Å². The van der Waals surface area contributed by atoms with Crippen molar-refractivity contribution in [3.63, 3.8) is 0 Å². The Kier molecular flexibility index (Phi) is 4.13. The minimum atomic E-state index is -0.570. The summed E-state index contributed by atoms with van der Waals surface area (Å²) >= 11 is 0. The Morgan fingerprint density at radius 1 is 1.33 bits per heavy atom. The van der Waals surface area contributed by atoms with Gasteiger partial charge >= 0.3 is 0 Å². The third-order valence-corrected chi connectivity index (χ3v) is 4.58. The second-order valence-electron chi connectivity index (χ2n) is 6.83. The van der Waals surface area contributed by atoms with Crippen molar-refractivity contribution in [3.05, 3.63) is 0 Å². The van der Waals surface area contributed by atoms with Crippen LogP contribution in [0.3, 0.4) is 0 Å². The van der Waals surface area contributed by atoms with Crippen molar-refractivity contribution in [2.24, 2.45) is 11.1 Å². The monoisotopic (exact) mass is 256 g/mol. The molecule has 1 rings (SSSR count). The molecule has 1 atom stereocenters. The van der Waals surface area contributed by atoms with Gasteiger partial charge in [0, 0.05) is 25.7 Å². The highest BCUT2D eigenvalue weighted by Crippen LogP contribution is 2.33. The molecule has 0 aromatic carbocycles. The van der Waals surface area contributed by atoms with Gasteiger partial charge in [0.15, 0.2) is 0 Å². The van der Waals surface area contributed by atoms with Gasteiger partial charge in [0.05, 0.1) is 11.0 Å². The average Bonchev–Trinajstić information content (AvgIpc) is 2.26. The quantitative estimate of drug-likeness (QED) is 0.837. The molecule has 0 saturated carbocycles. The number of rotatable bonds is 3. The van der Waals surface area contributed by atoms with Crippen LogP contribution in [0.4, 0.5) is 0 Å². The van der Waals surface area contributed by atoms with Crippen LogP contribution in [0.1, 0.15) is 47.5 Å². The molecule has 0 bridgehead atoms. The fourth-order valence-electron chi connectivity index (χ4n) is 2.22. The van der Waals surface area contributed by atoms with Crippen molar-refractivity contribution in [1.29, 1.82) is 0 Å². The molecule has 1 fully saturated rings. The lowest BCUT2D eigenvalue weighted by molar-refractivity contribution is -0.151. The van der Waals surface area contributed by atoms with E-state index >= 15 is 0 Å².